The van der Waals surface area contributed by atoms with E-state index in [0.29, 0.717) is 18.0 Å². The first-order valence-electron chi connectivity index (χ1n) is 6.43. The zero-order valence-electron chi connectivity index (χ0n) is 11.7. The summed E-state index contributed by atoms with van der Waals surface area (Å²) >= 11 is 5.78. The molecule has 0 unspecified atom stereocenters. The molecule has 0 amide bonds. The molecule has 0 radical (unpaired) electrons. The van der Waals surface area contributed by atoms with Crippen molar-refractivity contribution < 1.29 is 14.8 Å². The van der Waals surface area contributed by atoms with Gasteiger partial charge < -0.3 is 9.84 Å². The van der Waals surface area contributed by atoms with Gasteiger partial charge in [-0.1, -0.05) is 11.6 Å². The van der Waals surface area contributed by atoms with Crippen molar-refractivity contribution in [2.45, 2.75) is 6.92 Å². The molecular formula is C15H12ClN2O4-. The number of nitro groups is 1. The van der Waals surface area contributed by atoms with E-state index in [1.807, 2.05) is 6.92 Å². The zero-order chi connectivity index (χ0) is 16.1. The van der Waals surface area contributed by atoms with Gasteiger partial charge in [-0.2, -0.15) is 0 Å². The van der Waals surface area contributed by atoms with E-state index in [4.69, 9.17) is 16.3 Å². The molecule has 0 aliphatic rings. The topological polar surface area (TPSA) is 87.8 Å². The molecule has 0 heterocycles. The van der Waals surface area contributed by atoms with Crippen molar-refractivity contribution in [2.75, 3.05) is 6.61 Å². The number of hydrogen-bond donors (Lipinski definition) is 0. The quantitative estimate of drug-likeness (QED) is 0.479. The van der Waals surface area contributed by atoms with Crippen molar-refractivity contribution in [3.05, 3.63) is 57.1 Å². The monoisotopic (exact) mass is 319 g/mol. The lowest BCUT2D eigenvalue weighted by molar-refractivity contribution is -0.398. The van der Waals surface area contributed by atoms with E-state index in [0.717, 1.165) is 6.07 Å². The minimum Gasteiger partial charge on any atom is -0.867 e. The van der Waals surface area contributed by atoms with Crippen LogP contribution >= 0.6 is 11.6 Å². The molecule has 0 fully saturated rings. The first-order chi connectivity index (χ1) is 10.5. The Hall–Kier alpha value is -2.60. The van der Waals surface area contributed by atoms with Crippen LogP contribution in [0.5, 0.6) is 11.5 Å². The smallest absolute Gasteiger partial charge is 0.263 e. The van der Waals surface area contributed by atoms with Gasteiger partial charge in [0, 0.05) is 17.3 Å². The Bertz CT molecular complexity index is 714. The van der Waals surface area contributed by atoms with Crippen LogP contribution in [0.25, 0.3) is 0 Å². The lowest BCUT2D eigenvalue weighted by Crippen LogP contribution is -2.02. The highest BCUT2D eigenvalue weighted by atomic mass is 35.5. The number of nitro benzene ring substituents is 1. The van der Waals surface area contributed by atoms with Gasteiger partial charge in [0.1, 0.15) is 5.75 Å². The molecule has 0 aliphatic heterocycles. The minimum absolute atomic E-state index is 0.0630. The number of aliphatic imine (C=N–C) groups is 1. The van der Waals surface area contributed by atoms with Crippen molar-refractivity contribution in [1.82, 2.24) is 0 Å². The first-order valence-corrected chi connectivity index (χ1v) is 6.81. The molecule has 114 valence electrons. The van der Waals surface area contributed by atoms with Crippen LogP contribution in [-0.4, -0.2) is 17.7 Å². The van der Waals surface area contributed by atoms with Crippen LogP contribution in [-0.2, 0) is 0 Å². The Morgan fingerprint density at radius 1 is 1.32 bits per heavy atom. The Morgan fingerprint density at radius 3 is 2.59 bits per heavy atom. The van der Waals surface area contributed by atoms with E-state index in [2.05, 4.69) is 4.99 Å². The lowest BCUT2D eigenvalue weighted by Gasteiger charge is -2.10. The first kappa shape index (κ1) is 15.8. The number of rotatable bonds is 5. The minimum atomic E-state index is -0.761. The van der Waals surface area contributed by atoms with Gasteiger partial charge in [0.05, 0.1) is 17.2 Å². The summed E-state index contributed by atoms with van der Waals surface area (Å²) in [5.41, 5.74) is 0.0826. The predicted octanol–water partition coefficient (Wildman–Crippen LogP) is 3.47. The van der Waals surface area contributed by atoms with Crippen molar-refractivity contribution in [2.24, 2.45) is 4.99 Å². The summed E-state index contributed by atoms with van der Waals surface area (Å²) in [6.07, 6.45) is 1.26. The molecule has 0 atom stereocenters. The maximum atomic E-state index is 11.9. The molecule has 0 aromatic heterocycles. The summed E-state index contributed by atoms with van der Waals surface area (Å²) < 4.78 is 5.31. The molecule has 0 bridgehead atoms. The molecule has 0 aliphatic carbocycles. The normalized spacial score (nSPS) is 10.8. The van der Waals surface area contributed by atoms with E-state index in [-0.39, 0.29) is 10.6 Å². The van der Waals surface area contributed by atoms with Gasteiger partial charge in [-0.15, -0.1) is 0 Å². The number of nitrogens with zero attached hydrogens (tertiary/aromatic N) is 2. The van der Waals surface area contributed by atoms with Crippen LogP contribution in [0, 0.1) is 10.1 Å². The second-order valence-electron chi connectivity index (χ2n) is 4.29. The van der Waals surface area contributed by atoms with E-state index < -0.39 is 16.4 Å². The molecule has 2 aromatic rings. The average molecular weight is 320 g/mol. The highest BCUT2D eigenvalue weighted by molar-refractivity contribution is 6.31. The van der Waals surface area contributed by atoms with Gasteiger partial charge in [-0.05, 0) is 48.6 Å². The fourth-order valence-corrected chi connectivity index (χ4v) is 1.99. The molecule has 0 N–H and O–H groups in total. The second-order valence-corrected chi connectivity index (χ2v) is 4.72. The molecule has 22 heavy (non-hydrogen) atoms. The molecule has 0 spiro atoms. The number of benzene rings is 2. The maximum absolute atomic E-state index is 11.9. The van der Waals surface area contributed by atoms with Crippen LogP contribution in [0.4, 0.5) is 11.4 Å². The van der Waals surface area contributed by atoms with Crippen molar-refractivity contribution in [1.29, 1.82) is 0 Å². The van der Waals surface area contributed by atoms with Crippen LogP contribution in [0.15, 0.2) is 41.4 Å². The summed E-state index contributed by atoms with van der Waals surface area (Å²) in [7, 11) is 0. The van der Waals surface area contributed by atoms with Gasteiger partial charge in [0.2, 0.25) is 0 Å². The highest BCUT2D eigenvalue weighted by Crippen LogP contribution is 2.30. The van der Waals surface area contributed by atoms with Crippen LogP contribution in [0.2, 0.25) is 5.02 Å². The summed E-state index contributed by atoms with van der Waals surface area (Å²) in [4.78, 5) is 14.1. The largest absolute Gasteiger partial charge is 0.867 e. The van der Waals surface area contributed by atoms with Crippen molar-refractivity contribution >= 4 is 29.2 Å². The van der Waals surface area contributed by atoms with Crippen molar-refractivity contribution in [3.63, 3.8) is 0 Å². The Kier molecular flexibility index (Phi) is 4.95. The summed E-state index contributed by atoms with van der Waals surface area (Å²) in [5, 5.41) is 22.8. The van der Waals surface area contributed by atoms with Crippen molar-refractivity contribution in [3.8, 4) is 11.5 Å². The van der Waals surface area contributed by atoms with E-state index >= 15 is 0 Å². The van der Waals surface area contributed by atoms with E-state index in [9.17, 15) is 15.2 Å². The molecule has 0 saturated carbocycles. The summed E-state index contributed by atoms with van der Waals surface area (Å²) in [6.45, 7) is 2.45. The lowest BCUT2D eigenvalue weighted by atomic mass is 10.2. The highest BCUT2D eigenvalue weighted by Gasteiger charge is 2.11. The van der Waals surface area contributed by atoms with Crippen LogP contribution < -0.4 is 9.84 Å². The zero-order valence-corrected chi connectivity index (χ0v) is 12.4. The molecule has 7 heteroatoms. The predicted molar refractivity (Wildman–Crippen MR) is 82.4 cm³/mol. The summed E-state index contributed by atoms with van der Waals surface area (Å²) in [6, 6.07) is 9.28. The number of ether oxygens (including phenoxy) is 1. The fraction of sp³-hybridized carbons (Fsp3) is 0.133. The van der Waals surface area contributed by atoms with Crippen LogP contribution in [0.3, 0.4) is 0 Å². The van der Waals surface area contributed by atoms with E-state index in [1.54, 1.807) is 24.3 Å². The van der Waals surface area contributed by atoms with Gasteiger partial charge in [-0.25, -0.2) is 0 Å². The van der Waals surface area contributed by atoms with Crippen LogP contribution in [0.1, 0.15) is 12.5 Å². The van der Waals surface area contributed by atoms with Gasteiger partial charge in [-0.3, -0.25) is 15.1 Å². The average Bonchev–Trinajstić information content (AvgIpc) is 2.49. The summed E-state index contributed by atoms with van der Waals surface area (Å²) in [5.74, 6) is -0.00607. The maximum Gasteiger partial charge on any atom is 0.263 e. The molecule has 2 aromatic carbocycles. The Morgan fingerprint density at radius 2 is 2.00 bits per heavy atom. The fourth-order valence-electron chi connectivity index (χ4n) is 1.77. The SMILES string of the molecule is CCOc1ccc(N=Cc2cc(Cl)cc([N+](=O)[O-])c2[O-])cc1. The molecular weight excluding hydrogens is 308 g/mol. The van der Waals surface area contributed by atoms with Gasteiger partial charge in [0.25, 0.3) is 5.69 Å². The third-order valence-corrected chi connectivity index (χ3v) is 2.98. The standard InChI is InChI=1S/C15H13ClN2O4/c1-2-22-13-5-3-12(4-6-13)17-9-10-7-11(16)8-14(15(10)19)18(20)21/h3-9,19H,2H2,1H3/p-1. The van der Waals surface area contributed by atoms with E-state index in [1.165, 1.54) is 12.3 Å². The molecule has 6 nitrogen and oxygen atoms in total. The molecule has 2 rings (SSSR count). The van der Waals surface area contributed by atoms with Gasteiger partial charge in [0.15, 0.2) is 0 Å². The Labute approximate surface area is 131 Å². The third kappa shape index (κ3) is 3.73. The van der Waals surface area contributed by atoms with Gasteiger partial charge >= 0.3 is 0 Å². The number of halogens is 1. The second kappa shape index (κ2) is 6.91. The molecule has 0 saturated heterocycles. The number of hydrogen-bond acceptors (Lipinski definition) is 5. The third-order valence-electron chi connectivity index (χ3n) is 2.76. The Balaban J connectivity index is 2.28.